The highest BCUT2D eigenvalue weighted by molar-refractivity contribution is 5.89. The van der Waals surface area contributed by atoms with Gasteiger partial charge in [-0.25, -0.2) is 0 Å². The van der Waals surface area contributed by atoms with Crippen LogP contribution in [-0.4, -0.2) is 47.8 Å². The van der Waals surface area contributed by atoms with Crippen molar-refractivity contribution in [3.63, 3.8) is 0 Å². The molecule has 0 bridgehead atoms. The summed E-state index contributed by atoms with van der Waals surface area (Å²) in [5.41, 5.74) is 3.45. The van der Waals surface area contributed by atoms with Crippen LogP contribution in [0.1, 0.15) is 17.5 Å². The van der Waals surface area contributed by atoms with Gasteiger partial charge in [-0.05, 0) is 23.6 Å². The third-order valence-electron chi connectivity index (χ3n) is 5.46. The van der Waals surface area contributed by atoms with Crippen molar-refractivity contribution in [1.82, 2.24) is 9.80 Å². The van der Waals surface area contributed by atoms with Gasteiger partial charge in [0, 0.05) is 44.8 Å². The molecule has 2 amide bonds. The van der Waals surface area contributed by atoms with Crippen molar-refractivity contribution in [1.29, 1.82) is 0 Å². The number of fused-ring (bicyclic) bond motifs is 1. The van der Waals surface area contributed by atoms with Crippen LogP contribution in [0.25, 0.3) is 0 Å². The van der Waals surface area contributed by atoms with Crippen molar-refractivity contribution in [3.8, 4) is 0 Å². The Bertz CT molecular complexity index is 821. The first-order valence-electron chi connectivity index (χ1n) is 9.63. The second-order valence-corrected chi connectivity index (χ2v) is 7.32. The first-order chi connectivity index (χ1) is 13.2. The van der Waals surface area contributed by atoms with E-state index < -0.39 is 0 Å². The van der Waals surface area contributed by atoms with E-state index in [4.69, 9.17) is 0 Å². The summed E-state index contributed by atoms with van der Waals surface area (Å²) in [6.45, 7) is 3.23. The normalized spacial score (nSPS) is 19.4. The zero-order chi connectivity index (χ0) is 18.6. The van der Waals surface area contributed by atoms with E-state index in [-0.39, 0.29) is 17.7 Å². The van der Waals surface area contributed by atoms with E-state index in [1.807, 2.05) is 46.2 Å². The van der Waals surface area contributed by atoms with Gasteiger partial charge in [0.05, 0.1) is 5.92 Å². The molecule has 1 N–H and O–H groups in total. The lowest BCUT2D eigenvalue weighted by Gasteiger charge is -2.24. The molecule has 0 aliphatic carbocycles. The maximum Gasteiger partial charge on any atom is 0.228 e. The number of rotatable bonds is 4. The summed E-state index contributed by atoms with van der Waals surface area (Å²) in [6.07, 6.45) is 1.16. The Morgan fingerprint density at radius 2 is 1.85 bits per heavy atom. The average molecular weight is 363 g/mol. The van der Waals surface area contributed by atoms with Crippen LogP contribution in [0.5, 0.6) is 0 Å². The Hall–Kier alpha value is -2.82. The zero-order valence-electron chi connectivity index (χ0n) is 15.4. The monoisotopic (exact) mass is 363 g/mol. The molecule has 2 aromatic rings. The van der Waals surface area contributed by atoms with Gasteiger partial charge in [-0.3, -0.25) is 9.59 Å². The molecule has 4 rings (SSSR count). The number of hydrogen-bond donors (Lipinski definition) is 1. The minimum atomic E-state index is -0.224. The van der Waals surface area contributed by atoms with Crippen molar-refractivity contribution < 1.29 is 9.59 Å². The number of anilines is 1. The molecular formula is C22H25N3O2. The highest BCUT2D eigenvalue weighted by Crippen LogP contribution is 2.25. The van der Waals surface area contributed by atoms with Gasteiger partial charge in [0.15, 0.2) is 0 Å². The summed E-state index contributed by atoms with van der Waals surface area (Å²) >= 11 is 0. The molecule has 0 aromatic heterocycles. The lowest BCUT2D eigenvalue weighted by Crippen LogP contribution is -2.38. The highest BCUT2D eigenvalue weighted by Gasteiger charge is 2.36. The maximum absolute atomic E-state index is 13.0. The predicted molar refractivity (Wildman–Crippen MR) is 105 cm³/mol. The van der Waals surface area contributed by atoms with Gasteiger partial charge in [0.1, 0.15) is 0 Å². The molecule has 2 aliphatic heterocycles. The van der Waals surface area contributed by atoms with Gasteiger partial charge < -0.3 is 15.1 Å². The van der Waals surface area contributed by atoms with Crippen LogP contribution in [0.2, 0.25) is 0 Å². The minimum Gasteiger partial charge on any atom is -0.383 e. The molecule has 5 heteroatoms. The number of amides is 2. The van der Waals surface area contributed by atoms with Gasteiger partial charge in [-0.1, -0.05) is 48.5 Å². The Labute approximate surface area is 160 Å². The molecule has 5 nitrogen and oxygen atoms in total. The van der Waals surface area contributed by atoms with E-state index in [1.54, 1.807) is 0 Å². The van der Waals surface area contributed by atoms with E-state index in [9.17, 15) is 9.59 Å². The van der Waals surface area contributed by atoms with Crippen LogP contribution < -0.4 is 5.32 Å². The fraction of sp³-hybridized carbons (Fsp3) is 0.364. The largest absolute Gasteiger partial charge is 0.383 e. The highest BCUT2D eigenvalue weighted by atomic mass is 16.2. The summed E-state index contributed by atoms with van der Waals surface area (Å²) in [5.74, 6) is -0.0276. The molecule has 0 radical (unpaired) electrons. The molecule has 1 saturated heterocycles. The number of benzene rings is 2. The Morgan fingerprint density at radius 1 is 1.07 bits per heavy atom. The second kappa shape index (κ2) is 7.82. The molecule has 2 heterocycles. The summed E-state index contributed by atoms with van der Waals surface area (Å²) in [6, 6.07) is 18.3. The van der Waals surface area contributed by atoms with Crippen LogP contribution in [0.4, 0.5) is 5.69 Å². The third kappa shape index (κ3) is 3.97. The Balaban J connectivity index is 1.37. The van der Waals surface area contributed by atoms with Crippen molar-refractivity contribution in [2.45, 2.75) is 19.4 Å². The van der Waals surface area contributed by atoms with Crippen LogP contribution in [-0.2, 0) is 22.6 Å². The summed E-state index contributed by atoms with van der Waals surface area (Å²) in [4.78, 5) is 29.2. The first kappa shape index (κ1) is 17.6. The molecular weight excluding hydrogens is 338 g/mol. The number of nitrogens with zero attached hydrogens (tertiary/aromatic N) is 2. The van der Waals surface area contributed by atoms with E-state index >= 15 is 0 Å². The number of hydrogen-bond acceptors (Lipinski definition) is 3. The van der Waals surface area contributed by atoms with Crippen LogP contribution in [0.15, 0.2) is 54.6 Å². The first-order valence-corrected chi connectivity index (χ1v) is 9.63. The maximum atomic E-state index is 13.0. The standard InChI is InChI=1S/C22H25N3O2/c26-21-14-19(16-24(21)12-10-17-6-2-1-3-7-17)22(27)25-13-11-23-20-9-5-4-8-18(20)15-25/h1-9,19,23H,10-16H2. The molecule has 2 aliphatic rings. The van der Waals surface area contributed by atoms with Crippen LogP contribution in [0, 0.1) is 5.92 Å². The minimum absolute atomic E-state index is 0.0950. The molecule has 1 unspecified atom stereocenters. The van der Waals surface area contributed by atoms with E-state index in [2.05, 4.69) is 23.5 Å². The van der Waals surface area contributed by atoms with E-state index in [0.29, 0.717) is 32.6 Å². The topological polar surface area (TPSA) is 52.7 Å². The number of nitrogens with one attached hydrogen (secondary N) is 1. The lowest BCUT2D eigenvalue weighted by atomic mass is 10.1. The number of likely N-dealkylation sites (tertiary alicyclic amines) is 1. The second-order valence-electron chi connectivity index (χ2n) is 7.32. The molecule has 0 saturated carbocycles. The predicted octanol–water partition coefficient (Wildman–Crippen LogP) is 2.53. The number of carbonyl (C=O) groups excluding carboxylic acids is 2. The summed E-state index contributed by atoms with van der Waals surface area (Å²) in [5, 5.41) is 3.39. The Morgan fingerprint density at radius 3 is 2.70 bits per heavy atom. The zero-order valence-corrected chi connectivity index (χ0v) is 15.4. The van der Waals surface area contributed by atoms with E-state index in [0.717, 1.165) is 24.2 Å². The number of para-hydroxylation sites is 1. The Kier molecular flexibility index (Phi) is 5.10. The molecule has 27 heavy (non-hydrogen) atoms. The number of carbonyl (C=O) groups is 2. The average Bonchev–Trinajstić information content (AvgIpc) is 2.94. The van der Waals surface area contributed by atoms with Crippen LogP contribution >= 0.6 is 0 Å². The summed E-state index contributed by atoms with van der Waals surface area (Å²) in [7, 11) is 0. The van der Waals surface area contributed by atoms with E-state index in [1.165, 1.54) is 5.56 Å². The molecule has 140 valence electrons. The van der Waals surface area contributed by atoms with Crippen molar-refractivity contribution in [2.24, 2.45) is 5.92 Å². The summed E-state index contributed by atoms with van der Waals surface area (Å²) < 4.78 is 0. The molecule has 0 spiro atoms. The lowest BCUT2D eigenvalue weighted by molar-refractivity contribution is -0.136. The smallest absolute Gasteiger partial charge is 0.228 e. The molecule has 1 fully saturated rings. The van der Waals surface area contributed by atoms with Gasteiger partial charge in [-0.15, -0.1) is 0 Å². The third-order valence-corrected chi connectivity index (χ3v) is 5.46. The van der Waals surface area contributed by atoms with Gasteiger partial charge in [0.2, 0.25) is 11.8 Å². The van der Waals surface area contributed by atoms with Crippen molar-refractivity contribution >= 4 is 17.5 Å². The fourth-order valence-corrected chi connectivity index (χ4v) is 3.95. The quantitative estimate of drug-likeness (QED) is 0.908. The van der Waals surface area contributed by atoms with Gasteiger partial charge in [-0.2, -0.15) is 0 Å². The van der Waals surface area contributed by atoms with Gasteiger partial charge in [0.25, 0.3) is 0 Å². The fourth-order valence-electron chi connectivity index (χ4n) is 3.95. The van der Waals surface area contributed by atoms with Crippen molar-refractivity contribution in [2.75, 3.05) is 31.5 Å². The van der Waals surface area contributed by atoms with Crippen molar-refractivity contribution in [3.05, 3.63) is 65.7 Å². The molecule has 1 atom stereocenters. The SMILES string of the molecule is O=C1CC(C(=O)N2CCNc3ccccc3C2)CN1CCc1ccccc1. The van der Waals surface area contributed by atoms with Gasteiger partial charge >= 0.3 is 0 Å². The molecule has 2 aromatic carbocycles. The van der Waals surface area contributed by atoms with Crippen LogP contribution in [0.3, 0.4) is 0 Å².